The molecule has 0 bridgehead atoms. The molecule has 0 saturated heterocycles. The Bertz CT molecular complexity index is 1700. The quantitative estimate of drug-likeness (QED) is 0.0837. The Morgan fingerprint density at radius 1 is 0.872 bits per heavy atom. The normalized spacial score (nSPS) is 11.1. The van der Waals surface area contributed by atoms with Gasteiger partial charge in [0, 0.05) is 25.5 Å². The Morgan fingerprint density at radius 3 is 2.33 bits per heavy atom. The molecule has 5 aromatic rings. The van der Waals surface area contributed by atoms with Crippen LogP contribution in [0.4, 0.5) is 0 Å². The summed E-state index contributed by atoms with van der Waals surface area (Å²) in [6, 6.07) is 27.1. The number of esters is 1. The minimum atomic E-state index is -0.502. The highest BCUT2D eigenvalue weighted by Gasteiger charge is 2.23. The summed E-state index contributed by atoms with van der Waals surface area (Å²) in [5.74, 6) is -0.0285. The molecular weight excluding hydrogens is 626 g/mol. The summed E-state index contributed by atoms with van der Waals surface area (Å²) in [5.41, 5.74) is 6.11. The van der Waals surface area contributed by atoms with E-state index in [0.717, 1.165) is 19.9 Å². The van der Waals surface area contributed by atoms with Gasteiger partial charge in [-0.1, -0.05) is 74.3 Å². The van der Waals surface area contributed by atoms with Crippen molar-refractivity contribution in [3.05, 3.63) is 117 Å². The first kappa shape index (κ1) is 26.4. The number of H-pyrrole nitrogens is 1. The van der Waals surface area contributed by atoms with Crippen LogP contribution in [0.25, 0.3) is 22.0 Å². The average molecular weight is 647 g/mol. The zero-order valence-corrected chi connectivity index (χ0v) is 23.7. The van der Waals surface area contributed by atoms with E-state index in [9.17, 15) is 9.59 Å². The number of hydrazone groups is 1. The van der Waals surface area contributed by atoms with Gasteiger partial charge in [0.15, 0.2) is 0 Å². The number of hydrogen-bond acceptors (Lipinski definition) is 5. The van der Waals surface area contributed by atoms with Crippen LogP contribution in [0.15, 0.2) is 105 Å². The fourth-order valence-corrected chi connectivity index (χ4v) is 4.91. The highest BCUT2D eigenvalue weighted by molar-refractivity contribution is 9.11. The van der Waals surface area contributed by atoms with Crippen molar-refractivity contribution in [2.75, 3.05) is 7.11 Å². The van der Waals surface area contributed by atoms with Gasteiger partial charge in [0.05, 0.1) is 24.4 Å². The van der Waals surface area contributed by atoms with Crippen LogP contribution in [-0.4, -0.2) is 30.2 Å². The molecule has 0 aliphatic heterocycles. The molecule has 9 heteroatoms. The molecule has 1 heterocycles. The van der Waals surface area contributed by atoms with Gasteiger partial charge in [0.2, 0.25) is 0 Å². The maximum Gasteiger partial charge on any atom is 0.343 e. The van der Waals surface area contributed by atoms with Crippen molar-refractivity contribution in [2.45, 2.75) is 0 Å². The van der Waals surface area contributed by atoms with Crippen molar-refractivity contribution in [3.8, 4) is 22.6 Å². The lowest BCUT2D eigenvalue weighted by Crippen LogP contribution is -2.19. The molecular formula is C30H21Br2N3O4. The molecule has 1 amide bonds. The van der Waals surface area contributed by atoms with Gasteiger partial charge in [-0.3, -0.25) is 4.79 Å². The molecule has 5 rings (SSSR count). The third kappa shape index (κ3) is 5.64. The molecule has 194 valence electrons. The summed E-state index contributed by atoms with van der Waals surface area (Å²) in [7, 11) is 1.58. The van der Waals surface area contributed by atoms with Gasteiger partial charge < -0.3 is 14.5 Å². The zero-order chi connectivity index (χ0) is 27.4. The Balaban J connectivity index is 1.43. The summed E-state index contributed by atoms with van der Waals surface area (Å²) >= 11 is 6.97. The van der Waals surface area contributed by atoms with Crippen LogP contribution in [0.1, 0.15) is 26.4 Å². The SMILES string of the molecule is COc1ccc(Br)c2c(-c3ccccc3)c(C(=O)NN=Cc3ccccc3OC(=O)c3ccc(Br)cc3)[nH]c12. The topological polar surface area (TPSA) is 92.8 Å². The summed E-state index contributed by atoms with van der Waals surface area (Å²) < 4.78 is 12.8. The molecule has 0 spiro atoms. The number of aromatic amines is 1. The number of amides is 1. The fraction of sp³-hybridized carbons (Fsp3) is 0.0333. The van der Waals surface area contributed by atoms with Gasteiger partial charge in [-0.25, -0.2) is 10.2 Å². The van der Waals surface area contributed by atoms with E-state index >= 15 is 0 Å². The van der Waals surface area contributed by atoms with Crippen LogP contribution in [0.3, 0.4) is 0 Å². The maximum absolute atomic E-state index is 13.4. The first-order chi connectivity index (χ1) is 19.0. The smallest absolute Gasteiger partial charge is 0.343 e. The molecule has 2 N–H and O–H groups in total. The molecule has 4 aromatic carbocycles. The second kappa shape index (κ2) is 11.7. The number of para-hydroxylation sites is 1. The molecule has 39 heavy (non-hydrogen) atoms. The monoisotopic (exact) mass is 645 g/mol. The first-order valence-electron chi connectivity index (χ1n) is 11.8. The Hall–Kier alpha value is -4.21. The maximum atomic E-state index is 13.4. The number of carbonyl (C=O) groups excluding carboxylic acids is 2. The van der Waals surface area contributed by atoms with Crippen LogP contribution in [0.2, 0.25) is 0 Å². The average Bonchev–Trinajstić information content (AvgIpc) is 3.37. The third-order valence-electron chi connectivity index (χ3n) is 5.95. The van der Waals surface area contributed by atoms with Crippen LogP contribution in [-0.2, 0) is 0 Å². The molecule has 0 radical (unpaired) electrons. The fourth-order valence-electron chi connectivity index (χ4n) is 4.11. The number of hydrogen-bond donors (Lipinski definition) is 2. The third-order valence-corrected chi connectivity index (χ3v) is 7.14. The number of ether oxygens (including phenoxy) is 2. The van der Waals surface area contributed by atoms with E-state index in [1.807, 2.05) is 42.5 Å². The second-order valence-electron chi connectivity index (χ2n) is 8.37. The van der Waals surface area contributed by atoms with E-state index in [0.29, 0.717) is 39.4 Å². The zero-order valence-electron chi connectivity index (χ0n) is 20.6. The summed E-state index contributed by atoms with van der Waals surface area (Å²) in [6.07, 6.45) is 1.43. The number of nitrogens with zero attached hydrogens (tertiary/aromatic N) is 1. The molecule has 1 aromatic heterocycles. The second-order valence-corrected chi connectivity index (χ2v) is 10.1. The van der Waals surface area contributed by atoms with Gasteiger partial charge >= 0.3 is 5.97 Å². The number of nitrogens with one attached hydrogen (secondary N) is 2. The minimum absolute atomic E-state index is 0.313. The van der Waals surface area contributed by atoms with Crippen molar-refractivity contribution >= 4 is 60.9 Å². The Labute approximate surface area is 241 Å². The number of fused-ring (bicyclic) bond motifs is 1. The van der Waals surface area contributed by atoms with Crippen molar-refractivity contribution < 1.29 is 19.1 Å². The van der Waals surface area contributed by atoms with E-state index in [-0.39, 0.29) is 0 Å². The number of rotatable bonds is 7. The molecule has 0 unspecified atom stereocenters. The van der Waals surface area contributed by atoms with Gasteiger partial charge in [-0.05, 0) is 54.1 Å². The number of halogens is 2. The van der Waals surface area contributed by atoms with Gasteiger partial charge in [-0.15, -0.1) is 0 Å². The Morgan fingerprint density at radius 2 is 1.59 bits per heavy atom. The van der Waals surface area contributed by atoms with Gasteiger partial charge in [0.25, 0.3) is 5.91 Å². The highest BCUT2D eigenvalue weighted by Crippen LogP contribution is 2.40. The standard InChI is InChI=1S/C30H21Br2N3O4/c1-38-24-16-15-22(32)26-25(18-7-3-2-4-8-18)28(34-27(24)26)29(36)35-33-17-20-9-5-6-10-23(20)39-30(37)19-11-13-21(31)14-12-19/h2-17,34H,1H3,(H,35,36). The molecule has 0 saturated carbocycles. The number of methoxy groups -OCH3 is 1. The summed E-state index contributed by atoms with van der Waals surface area (Å²) in [5, 5.41) is 4.97. The number of carbonyl (C=O) groups is 2. The number of aromatic nitrogens is 1. The van der Waals surface area contributed by atoms with Crippen LogP contribution < -0.4 is 14.9 Å². The lowest BCUT2D eigenvalue weighted by atomic mass is 10.0. The molecule has 0 aliphatic rings. The van der Waals surface area contributed by atoms with Crippen molar-refractivity contribution in [2.24, 2.45) is 5.10 Å². The van der Waals surface area contributed by atoms with Crippen molar-refractivity contribution in [3.63, 3.8) is 0 Å². The predicted molar refractivity (Wildman–Crippen MR) is 159 cm³/mol. The molecule has 0 aliphatic carbocycles. The van der Waals surface area contributed by atoms with Crippen molar-refractivity contribution in [1.82, 2.24) is 10.4 Å². The van der Waals surface area contributed by atoms with E-state index in [1.54, 1.807) is 55.6 Å². The van der Waals surface area contributed by atoms with Crippen LogP contribution in [0, 0.1) is 0 Å². The highest BCUT2D eigenvalue weighted by atomic mass is 79.9. The molecule has 7 nitrogen and oxygen atoms in total. The van der Waals surface area contributed by atoms with E-state index in [4.69, 9.17) is 9.47 Å². The first-order valence-corrected chi connectivity index (χ1v) is 13.4. The largest absolute Gasteiger partial charge is 0.495 e. The Kier molecular flexibility index (Phi) is 7.90. The molecule has 0 fully saturated rings. The lowest BCUT2D eigenvalue weighted by molar-refractivity contribution is 0.0734. The predicted octanol–water partition coefficient (Wildman–Crippen LogP) is 7.35. The van der Waals surface area contributed by atoms with Crippen LogP contribution in [0.5, 0.6) is 11.5 Å². The lowest BCUT2D eigenvalue weighted by Gasteiger charge is -2.08. The van der Waals surface area contributed by atoms with E-state index in [2.05, 4.69) is 47.4 Å². The summed E-state index contributed by atoms with van der Waals surface area (Å²) in [4.78, 5) is 29.2. The van der Waals surface area contributed by atoms with E-state index < -0.39 is 11.9 Å². The van der Waals surface area contributed by atoms with Crippen LogP contribution >= 0.6 is 31.9 Å². The van der Waals surface area contributed by atoms with Gasteiger partial charge in [-0.2, -0.15) is 5.10 Å². The van der Waals surface area contributed by atoms with Gasteiger partial charge in [0.1, 0.15) is 17.2 Å². The minimum Gasteiger partial charge on any atom is -0.495 e. The van der Waals surface area contributed by atoms with E-state index in [1.165, 1.54) is 6.21 Å². The number of benzene rings is 4. The van der Waals surface area contributed by atoms with Crippen molar-refractivity contribution in [1.29, 1.82) is 0 Å². The summed E-state index contributed by atoms with van der Waals surface area (Å²) in [6.45, 7) is 0. The molecule has 0 atom stereocenters.